The van der Waals surface area contributed by atoms with Gasteiger partial charge in [0.05, 0.1) is 18.3 Å². The maximum atomic E-state index is 14.6. The SMILES string of the molecule is CO[C@H]1C[C@@H]2CC[C@@H](C)[C@@](O)(O2)C(=O)C(=O)N2CCCC[C@H]2C(=O)O[C@H]([C@H](C)CC2CC[C@H](OC(=O)NCc3cccnc3)[C@@H](OC)C2)CC(=O)[C@H](C)/C=C(\C)[C@@H](O)[C@@H](OC)C(=O)[C@H](C)C[C@H](C)/C=C/C=C/C=C/1C. The molecule has 75 heavy (non-hydrogen) atoms. The number of aliphatic hydroxyl groups is 2. The zero-order valence-electron chi connectivity index (χ0n) is 45.9. The maximum Gasteiger partial charge on any atom is 0.407 e. The molecule has 2 saturated heterocycles. The highest BCUT2D eigenvalue weighted by molar-refractivity contribution is 6.39. The lowest BCUT2D eigenvalue weighted by molar-refractivity contribution is -0.265. The number of ether oxygens (including phenoxy) is 6. The van der Waals surface area contributed by atoms with Crippen LogP contribution in [-0.2, 0) is 58.9 Å². The van der Waals surface area contributed by atoms with Crippen molar-refractivity contribution in [2.24, 2.45) is 35.5 Å². The van der Waals surface area contributed by atoms with Crippen molar-refractivity contribution >= 4 is 35.3 Å². The number of nitrogens with zero attached hydrogens (tertiary/aromatic N) is 2. The standard InChI is InChI=1S/C58H85N3O14/c1-35-17-12-11-13-18-36(2)48(70-8)31-44-23-21-41(7)58(69,75-44)54(65)55(66)61-26-15-14-20-45(61)56(67)73-49(32-46(62)37(3)28-40(6)52(64)53(72-10)51(63)39(5)27-35)38(4)29-42-22-24-47(50(30-42)71-9)74-57(68)60-34-43-19-16-25-59-33-43/h11-13,16-19,25,28,33,35,37-39,41-42,44-45,47-50,52-53,64,69H,14-15,20-24,26-27,29-32,34H2,1-10H3,(H,60,68)/b13-11+,17-12+,36-18+,40-28+/t35-,37-,38-,39-,41-,42?,44+,45+,47+,48+,49+,50+,52-,53+,58-/m1/s1. The Morgan fingerprint density at radius 1 is 0.907 bits per heavy atom. The highest BCUT2D eigenvalue weighted by Gasteiger charge is 2.53. The summed E-state index contributed by atoms with van der Waals surface area (Å²) in [7, 11) is 4.51. The largest absolute Gasteiger partial charge is 0.460 e. The lowest BCUT2D eigenvalue weighted by atomic mass is 9.78. The van der Waals surface area contributed by atoms with Crippen molar-refractivity contribution in [3.05, 3.63) is 77.7 Å². The minimum atomic E-state index is -2.46. The predicted molar refractivity (Wildman–Crippen MR) is 280 cm³/mol. The van der Waals surface area contributed by atoms with Crippen LogP contribution in [0.4, 0.5) is 4.79 Å². The average Bonchev–Trinajstić information content (AvgIpc) is 3.40. The first-order chi connectivity index (χ1) is 35.7. The molecule has 3 aliphatic heterocycles. The van der Waals surface area contributed by atoms with E-state index in [0.29, 0.717) is 69.8 Å². The lowest BCUT2D eigenvalue weighted by Gasteiger charge is -2.42. The number of cyclic esters (lactones) is 1. The zero-order valence-corrected chi connectivity index (χ0v) is 45.9. The Hall–Kier alpha value is -4.91. The van der Waals surface area contributed by atoms with E-state index in [1.54, 1.807) is 59.5 Å². The van der Waals surface area contributed by atoms with Crippen LogP contribution in [-0.4, -0.2) is 138 Å². The Morgan fingerprint density at radius 2 is 1.67 bits per heavy atom. The van der Waals surface area contributed by atoms with Gasteiger partial charge in [-0.3, -0.25) is 24.2 Å². The maximum absolute atomic E-state index is 14.6. The van der Waals surface area contributed by atoms with Gasteiger partial charge in [0, 0.05) is 77.4 Å². The van der Waals surface area contributed by atoms with Crippen LogP contribution in [0.2, 0.25) is 0 Å². The molecular formula is C58H85N3O14. The monoisotopic (exact) mass is 1050 g/mol. The Labute approximate surface area is 444 Å². The lowest BCUT2D eigenvalue weighted by Crippen LogP contribution is -2.61. The van der Waals surface area contributed by atoms with Gasteiger partial charge in [-0.25, -0.2) is 9.59 Å². The molecule has 1 aromatic heterocycles. The summed E-state index contributed by atoms with van der Waals surface area (Å²) in [6.07, 6.45) is 13.3. The van der Waals surface area contributed by atoms with Crippen LogP contribution in [0.5, 0.6) is 0 Å². The van der Waals surface area contributed by atoms with E-state index < -0.39 is 102 Å². The Kier molecular flexibility index (Phi) is 23.6. The van der Waals surface area contributed by atoms with E-state index in [2.05, 4.69) is 10.3 Å². The number of methoxy groups -OCH3 is 3. The number of amides is 2. The molecule has 17 heteroatoms. The van der Waals surface area contributed by atoms with Crippen molar-refractivity contribution in [3.63, 3.8) is 0 Å². The van der Waals surface area contributed by atoms with Crippen LogP contribution in [0.15, 0.2) is 72.1 Å². The normalized spacial score (nSPS) is 36.4. The number of piperidine rings is 1. The van der Waals surface area contributed by atoms with E-state index in [4.69, 9.17) is 28.4 Å². The number of carbonyl (C=O) groups is 6. The molecule has 2 bridgehead atoms. The minimum absolute atomic E-state index is 0.00190. The van der Waals surface area contributed by atoms with Crippen LogP contribution in [0.3, 0.4) is 0 Å². The summed E-state index contributed by atoms with van der Waals surface area (Å²) in [6, 6.07) is 2.45. The highest BCUT2D eigenvalue weighted by atomic mass is 16.6. The Morgan fingerprint density at radius 3 is 2.36 bits per heavy atom. The van der Waals surface area contributed by atoms with Crippen molar-refractivity contribution in [1.29, 1.82) is 0 Å². The van der Waals surface area contributed by atoms with Gasteiger partial charge in [-0.15, -0.1) is 0 Å². The molecule has 3 fully saturated rings. The third-order valence-electron chi connectivity index (χ3n) is 15.9. The average molecular weight is 1050 g/mol. The number of aliphatic hydroxyl groups excluding tert-OH is 1. The molecule has 1 saturated carbocycles. The summed E-state index contributed by atoms with van der Waals surface area (Å²) in [5, 5.41) is 26.3. The number of rotatable bonds is 9. The van der Waals surface area contributed by atoms with Gasteiger partial charge in [-0.05, 0) is 119 Å². The van der Waals surface area contributed by atoms with Gasteiger partial charge in [-0.1, -0.05) is 77.1 Å². The molecule has 5 rings (SSSR count). The first-order valence-corrected chi connectivity index (χ1v) is 27.0. The van der Waals surface area contributed by atoms with Gasteiger partial charge in [0.2, 0.25) is 5.79 Å². The number of aromatic nitrogens is 1. The minimum Gasteiger partial charge on any atom is -0.460 e. The van der Waals surface area contributed by atoms with Crippen molar-refractivity contribution in [2.45, 2.75) is 187 Å². The molecule has 0 aromatic carbocycles. The van der Waals surface area contributed by atoms with E-state index >= 15 is 0 Å². The number of ketones is 3. The summed E-state index contributed by atoms with van der Waals surface area (Å²) >= 11 is 0. The Bertz CT molecular complexity index is 2210. The molecule has 416 valence electrons. The Balaban J connectivity index is 1.42. The van der Waals surface area contributed by atoms with E-state index in [9.17, 15) is 39.0 Å². The van der Waals surface area contributed by atoms with Gasteiger partial charge in [0.15, 0.2) is 5.78 Å². The van der Waals surface area contributed by atoms with Crippen LogP contribution >= 0.6 is 0 Å². The van der Waals surface area contributed by atoms with E-state index in [-0.39, 0.29) is 49.3 Å². The number of fused-ring (bicyclic) bond motifs is 3. The molecule has 2 amide bonds. The first kappa shape index (κ1) is 60.9. The van der Waals surface area contributed by atoms with Gasteiger partial charge >= 0.3 is 12.1 Å². The molecule has 3 N–H and O–H groups in total. The third kappa shape index (κ3) is 16.8. The number of Topliss-reactive ketones (excluding diaryl/α,β-unsaturated/α-hetero) is 3. The smallest absolute Gasteiger partial charge is 0.407 e. The molecule has 1 aromatic rings. The third-order valence-corrected chi connectivity index (χ3v) is 15.9. The van der Waals surface area contributed by atoms with Crippen molar-refractivity contribution in [3.8, 4) is 0 Å². The summed E-state index contributed by atoms with van der Waals surface area (Å²) in [5.41, 5.74) is 2.06. The van der Waals surface area contributed by atoms with Crippen molar-refractivity contribution in [2.75, 3.05) is 27.9 Å². The first-order valence-electron chi connectivity index (χ1n) is 27.0. The number of allylic oxidation sites excluding steroid dienone is 6. The fourth-order valence-corrected chi connectivity index (χ4v) is 11.1. The summed E-state index contributed by atoms with van der Waals surface area (Å²) < 4.78 is 35.7. The molecule has 4 aliphatic rings. The molecule has 0 radical (unpaired) electrons. The molecule has 17 nitrogen and oxygen atoms in total. The van der Waals surface area contributed by atoms with Crippen molar-refractivity contribution in [1.82, 2.24) is 15.2 Å². The number of hydrogen-bond acceptors (Lipinski definition) is 15. The second kappa shape index (κ2) is 29.0. The van der Waals surface area contributed by atoms with E-state index in [1.165, 1.54) is 12.0 Å². The number of esters is 1. The quantitative estimate of drug-likeness (QED) is 0.124. The number of alkyl carbamates (subject to hydrolysis) is 1. The van der Waals surface area contributed by atoms with E-state index in [0.717, 1.165) is 11.1 Å². The molecule has 15 atom stereocenters. The second-order valence-electron chi connectivity index (χ2n) is 21.7. The molecule has 4 heterocycles. The van der Waals surface area contributed by atoms with Gasteiger partial charge < -0.3 is 48.9 Å². The summed E-state index contributed by atoms with van der Waals surface area (Å²) in [4.78, 5) is 89.5. The number of nitrogens with one attached hydrogen (secondary N) is 1. The number of hydrogen-bond donors (Lipinski definition) is 3. The molecular weight excluding hydrogens is 963 g/mol. The summed E-state index contributed by atoms with van der Waals surface area (Å²) in [5.74, 6) is -8.36. The van der Waals surface area contributed by atoms with Crippen LogP contribution in [0.1, 0.15) is 131 Å². The zero-order chi connectivity index (χ0) is 55.0. The number of pyridine rings is 1. The van der Waals surface area contributed by atoms with Crippen molar-refractivity contribution < 1.29 is 67.4 Å². The van der Waals surface area contributed by atoms with Gasteiger partial charge in [-0.2, -0.15) is 0 Å². The van der Waals surface area contributed by atoms with Crippen LogP contribution in [0, 0.1) is 35.5 Å². The molecule has 1 aliphatic carbocycles. The molecule has 0 spiro atoms. The number of carbonyl (C=O) groups excluding carboxylic acids is 6. The van der Waals surface area contributed by atoms with E-state index in [1.807, 2.05) is 64.1 Å². The van der Waals surface area contributed by atoms with Crippen LogP contribution in [0.25, 0.3) is 0 Å². The predicted octanol–water partition coefficient (Wildman–Crippen LogP) is 7.51. The second-order valence-corrected chi connectivity index (χ2v) is 21.7. The summed E-state index contributed by atoms with van der Waals surface area (Å²) in [6.45, 7) is 12.9. The fraction of sp³-hybridized carbons (Fsp3) is 0.672. The van der Waals surface area contributed by atoms with Gasteiger partial charge in [0.25, 0.3) is 11.7 Å². The molecule has 1 unspecified atom stereocenters. The van der Waals surface area contributed by atoms with Crippen LogP contribution < -0.4 is 5.32 Å². The van der Waals surface area contributed by atoms with Gasteiger partial charge in [0.1, 0.15) is 36.2 Å². The fourth-order valence-electron chi connectivity index (χ4n) is 11.1. The highest BCUT2D eigenvalue weighted by Crippen LogP contribution is 2.38. The topological polar surface area (TPSA) is 226 Å².